The molecule has 0 aromatic carbocycles. The van der Waals surface area contributed by atoms with Gasteiger partial charge in [-0.25, -0.2) is 0 Å². The van der Waals surface area contributed by atoms with Gasteiger partial charge in [-0.2, -0.15) is 0 Å². The maximum Gasteiger partial charge on any atom is 0.140 e. The number of hydrogen-bond donors (Lipinski definition) is 0. The molecule has 3 atom stereocenters. The van der Waals surface area contributed by atoms with Gasteiger partial charge in [-0.3, -0.25) is 4.79 Å². The Morgan fingerprint density at radius 3 is 2.24 bits per heavy atom. The zero-order valence-corrected chi connectivity index (χ0v) is 12.0. The van der Waals surface area contributed by atoms with Crippen LogP contribution < -0.4 is 0 Å². The fourth-order valence-electron chi connectivity index (χ4n) is 3.27. The Bertz CT molecular complexity index is 271. The van der Waals surface area contributed by atoms with E-state index in [1.54, 1.807) is 0 Å². The quantitative estimate of drug-likeness (QED) is 0.684. The molecule has 0 N–H and O–H groups in total. The van der Waals surface area contributed by atoms with Crippen molar-refractivity contribution in [3.05, 3.63) is 0 Å². The number of carbonyl (C=O) groups excluding carboxylic acids is 1. The van der Waals surface area contributed by atoms with Crippen molar-refractivity contribution >= 4 is 29.0 Å². The van der Waals surface area contributed by atoms with Crippen LogP contribution in [0.3, 0.4) is 0 Å². The molecular weight excluding hydrogens is 255 g/mol. The Morgan fingerprint density at radius 2 is 1.65 bits per heavy atom. The van der Waals surface area contributed by atoms with Crippen molar-refractivity contribution in [3.8, 4) is 0 Å². The van der Waals surface area contributed by atoms with E-state index in [0.29, 0.717) is 11.7 Å². The van der Waals surface area contributed by atoms with Gasteiger partial charge in [0, 0.05) is 22.6 Å². The largest absolute Gasteiger partial charge is 0.299 e. The van der Waals surface area contributed by atoms with E-state index in [2.05, 4.69) is 6.92 Å². The summed E-state index contributed by atoms with van der Waals surface area (Å²) in [6.07, 6.45) is 7.09. The van der Waals surface area contributed by atoms with Crippen LogP contribution in [0.15, 0.2) is 0 Å². The molecule has 3 heteroatoms. The average molecular weight is 277 g/mol. The molecule has 2 fully saturated rings. The lowest BCUT2D eigenvalue weighted by Gasteiger charge is -2.34. The monoisotopic (exact) mass is 276 g/mol. The Kier molecular flexibility index (Phi) is 4.77. The molecule has 0 aromatic heterocycles. The molecule has 0 heterocycles. The van der Waals surface area contributed by atoms with Crippen molar-refractivity contribution in [3.63, 3.8) is 0 Å². The Balaban J connectivity index is 1.91. The second kappa shape index (κ2) is 5.93. The fourth-order valence-corrected chi connectivity index (χ4v) is 4.08. The van der Waals surface area contributed by atoms with Gasteiger partial charge in [0.05, 0.1) is 0 Å². The number of ketones is 1. The fraction of sp³-hybridized carbons (Fsp3) is 0.929. The molecule has 0 saturated heterocycles. The Morgan fingerprint density at radius 1 is 1.00 bits per heavy atom. The van der Waals surface area contributed by atoms with Gasteiger partial charge in [-0.15, -0.1) is 23.2 Å². The second-order valence-electron chi connectivity index (χ2n) is 5.89. The lowest BCUT2D eigenvalue weighted by molar-refractivity contribution is -0.128. The summed E-state index contributed by atoms with van der Waals surface area (Å²) >= 11 is 12.5. The van der Waals surface area contributed by atoms with Crippen molar-refractivity contribution in [2.24, 2.45) is 17.8 Å². The molecule has 2 saturated carbocycles. The molecule has 2 aliphatic rings. The molecule has 3 unspecified atom stereocenters. The minimum absolute atomic E-state index is 0.0694. The molecule has 0 aliphatic heterocycles. The second-order valence-corrected chi connectivity index (χ2v) is 7.07. The van der Waals surface area contributed by atoms with Crippen LogP contribution in [0.5, 0.6) is 0 Å². The molecule has 98 valence electrons. The van der Waals surface area contributed by atoms with Crippen molar-refractivity contribution in [1.29, 1.82) is 0 Å². The van der Waals surface area contributed by atoms with E-state index in [-0.39, 0.29) is 22.6 Å². The van der Waals surface area contributed by atoms with Crippen molar-refractivity contribution < 1.29 is 4.79 Å². The van der Waals surface area contributed by atoms with E-state index >= 15 is 0 Å². The van der Waals surface area contributed by atoms with Crippen molar-refractivity contribution in [2.75, 3.05) is 0 Å². The number of hydrogen-bond acceptors (Lipinski definition) is 1. The molecule has 0 bridgehead atoms. The lowest BCUT2D eigenvalue weighted by atomic mass is 9.74. The van der Waals surface area contributed by atoms with E-state index in [1.807, 2.05) is 0 Å². The van der Waals surface area contributed by atoms with Gasteiger partial charge in [0.15, 0.2) is 0 Å². The summed E-state index contributed by atoms with van der Waals surface area (Å²) in [5, 5.41) is 0.359. The summed E-state index contributed by atoms with van der Waals surface area (Å²) in [5.74, 6) is 1.47. The summed E-state index contributed by atoms with van der Waals surface area (Å²) < 4.78 is 0. The van der Waals surface area contributed by atoms with E-state index in [9.17, 15) is 4.79 Å². The normalized spacial score (nSPS) is 43.4. The van der Waals surface area contributed by atoms with Crippen LogP contribution >= 0.6 is 23.2 Å². The average Bonchev–Trinajstić information content (AvgIpc) is 2.29. The van der Waals surface area contributed by atoms with Crippen LogP contribution in [0.1, 0.15) is 51.9 Å². The molecule has 0 aromatic rings. The number of alkyl halides is 2. The van der Waals surface area contributed by atoms with E-state index in [1.165, 1.54) is 0 Å². The highest BCUT2D eigenvalue weighted by Gasteiger charge is 2.36. The molecular formula is C14H22Cl2O. The molecule has 17 heavy (non-hydrogen) atoms. The standard InChI is InChI=1S/C14H22Cl2O/c1-9-2-7-12(13(16)8-9)14(17)10-3-5-11(15)6-4-10/h9-13H,2-8H2,1H3. The van der Waals surface area contributed by atoms with E-state index in [4.69, 9.17) is 23.2 Å². The zero-order chi connectivity index (χ0) is 12.4. The molecule has 0 spiro atoms. The maximum absolute atomic E-state index is 12.4. The minimum Gasteiger partial charge on any atom is -0.299 e. The van der Waals surface area contributed by atoms with Gasteiger partial charge in [0.1, 0.15) is 5.78 Å². The van der Waals surface area contributed by atoms with Gasteiger partial charge in [-0.1, -0.05) is 6.92 Å². The first-order valence-electron chi connectivity index (χ1n) is 6.89. The van der Waals surface area contributed by atoms with Gasteiger partial charge in [-0.05, 0) is 50.9 Å². The van der Waals surface area contributed by atoms with Gasteiger partial charge < -0.3 is 0 Å². The highest BCUT2D eigenvalue weighted by Crippen LogP contribution is 2.37. The number of carbonyl (C=O) groups is 1. The predicted molar refractivity (Wildman–Crippen MR) is 72.8 cm³/mol. The molecule has 2 aliphatic carbocycles. The SMILES string of the molecule is CC1CCC(C(=O)C2CCC(Cl)CC2)C(Cl)C1. The third kappa shape index (κ3) is 3.38. The van der Waals surface area contributed by atoms with Crippen LogP contribution in [0.2, 0.25) is 0 Å². The first-order chi connectivity index (χ1) is 8.08. The predicted octanol–water partition coefficient (Wildman–Crippen LogP) is 4.40. The van der Waals surface area contributed by atoms with E-state index in [0.717, 1.165) is 44.9 Å². The van der Waals surface area contributed by atoms with Crippen LogP contribution in [0.25, 0.3) is 0 Å². The first kappa shape index (κ1) is 13.7. The highest BCUT2D eigenvalue weighted by atomic mass is 35.5. The van der Waals surface area contributed by atoms with Gasteiger partial charge in [0.2, 0.25) is 0 Å². The molecule has 0 radical (unpaired) electrons. The smallest absolute Gasteiger partial charge is 0.140 e. The first-order valence-corrected chi connectivity index (χ1v) is 7.77. The summed E-state index contributed by atoms with van der Waals surface area (Å²) in [7, 11) is 0. The maximum atomic E-state index is 12.4. The zero-order valence-electron chi connectivity index (χ0n) is 10.5. The van der Waals surface area contributed by atoms with Crippen LogP contribution in [0, 0.1) is 17.8 Å². The number of Topliss-reactive ketones (excluding diaryl/α,β-unsaturated/α-hetero) is 1. The molecule has 2 rings (SSSR count). The van der Waals surface area contributed by atoms with Crippen LogP contribution in [0.4, 0.5) is 0 Å². The lowest BCUT2D eigenvalue weighted by Crippen LogP contribution is -2.36. The topological polar surface area (TPSA) is 17.1 Å². The highest BCUT2D eigenvalue weighted by molar-refractivity contribution is 6.22. The number of halogens is 2. The minimum atomic E-state index is 0.0694. The molecule has 1 nitrogen and oxygen atoms in total. The summed E-state index contributed by atoms with van der Waals surface area (Å²) in [6.45, 7) is 2.23. The van der Waals surface area contributed by atoms with E-state index < -0.39 is 0 Å². The third-order valence-corrected chi connectivity index (χ3v) is 5.38. The molecule has 0 amide bonds. The summed E-state index contributed by atoms with van der Waals surface area (Å²) in [6, 6.07) is 0. The van der Waals surface area contributed by atoms with Gasteiger partial charge in [0.25, 0.3) is 0 Å². The third-order valence-electron chi connectivity index (χ3n) is 4.46. The van der Waals surface area contributed by atoms with Crippen molar-refractivity contribution in [1.82, 2.24) is 0 Å². The van der Waals surface area contributed by atoms with Crippen LogP contribution in [-0.2, 0) is 4.79 Å². The van der Waals surface area contributed by atoms with Gasteiger partial charge >= 0.3 is 0 Å². The number of rotatable bonds is 2. The van der Waals surface area contributed by atoms with Crippen LogP contribution in [-0.4, -0.2) is 16.5 Å². The summed E-state index contributed by atoms with van der Waals surface area (Å²) in [5.41, 5.74) is 0. The Labute approximate surface area is 114 Å². The Hall–Kier alpha value is 0.250. The van der Waals surface area contributed by atoms with Crippen molar-refractivity contribution in [2.45, 2.75) is 62.6 Å². The summed E-state index contributed by atoms with van der Waals surface area (Å²) in [4.78, 5) is 12.4.